The number of nitrogens with zero attached hydrogens (tertiary/aromatic N) is 5. The van der Waals surface area contributed by atoms with Gasteiger partial charge in [-0.05, 0) is 30.7 Å². The summed E-state index contributed by atoms with van der Waals surface area (Å²) in [7, 11) is 0. The van der Waals surface area contributed by atoms with Crippen LogP contribution in [0.3, 0.4) is 0 Å². The number of aliphatic hydroxyl groups is 1. The molecular formula is C23H32FN5O3. The van der Waals surface area contributed by atoms with Crippen molar-refractivity contribution in [1.29, 1.82) is 0 Å². The molecule has 2 aliphatic rings. The van der Waals surface area contributed by atoms with E-state index in [9.17, 15) is 14.3 Å². The van der Waals surface area contributed by atoms with Crippen LogP contribution in [0.1, 0.15) is 29.7 Å². The SMILES string of the molecule is CC[C@H](O)CN1CCN(Cc2nc(C(=O)N3CCN(c4ccc(F)cc4)CC3)co2)CC1. The molecule has 2 saturated heterocycles. The second kappa shape index (κ2) is 10.4. The van der Waals surface area contributed by atoms with Crippen LogP contribution in [0.15, 0.2) is 34.9 Å². The molecule has 174 valence electrons. The fourth-order valence-electron chi connectivity index (χ4n) is 4.21. The maximum absolute atomic E-state index is 13.1. The van der Waals surface area contributed by atoms with Crippen molar-refractivity contribution >= 4 is 11.6 Å². The zero-order chi connectivity index (χ0) is 22.5. The Hall–Kier alpha value is -2.49. The third kappa shape index (κ3) is 5.65. The first-order chi connectivity index (χ1) is 15.5. The highest BCUT2D eigenvalue weighted by Gasteiger charge is 2.26. The molecule has 8 nitrogen and oxygen atoms in total. The minimum Gasteiger partial charge on any atom is -0.447 e. The topological polar surface area (TPSA) is 76.3 Å². The smallest absolute Gasteiger partial charge is 0.275 e. The highest BCUT2D eigenvalue weighted by molar-refractivity contribution is 5.92. The van der Waals surface area contributed by atoms with E-state index in [0.29, 0.717) is 44.3 Å². The van der Waals surface area contributed by atoms with Crippen molar-refractivity contribution in [2.24, 2.45) is 0 Å². The summed E-state index contributed by atoms with van der Waals surface area (Å²) in [5.41, 5.74) is 1.31. The average molecular weight is 446 g/mol. The molecule has 0 spiro atoms. The van der Waals surface area contributed by atoms with Crippen molar-refractivity contribution in [3.05, 3.63) is 47.9 Å². The van der Waals surface area contributed by atoms with Gasteiger partial charge in [-0.2, -0.15) is 0 Å². The number of halogens is 1. The van der Waals surface area contributed by atoms with E-state index >= 15 is 0 Å². The van der Waals surface area contributed by atoms with Gasteiger partial charge in [0.25, 0.3) is 5.91 Å². The molecule has 1 atom stereocenters. The summed E-state index contributed by atoms with van der Waals surface area (Å²) in [6, 6.07) is 6.45. The van der Waals surface area contributed by atoms with E-state index in [0.717, 1.165) is 44.8 Å². The number of amides is 1. The van der Waals surface area contributed by atoms with Crippen LogP contribution >= 0.6 is 0 Å². The normalized spacial score (nSPS) is 19.3. The zero-order valence-corrected chi connectivity index (χ0v) is 18.6. The van der Waals surface area contributed by atoms with Crippen LogP contribution in [0.5, 0.6) is 0 Å². The maximum atomic E-state index is 13.1. The molecule has 1 amide bonds. The number of carbonyl (C=O) groups is 1. The molecule has 2 aliphatic heterocycles. The van der Waals surface area contributed by atoms with Gasteiger partial charge in [0.05, 0.1) is 12.6 Å². The van der Waals surface area contributed by atoms with Crippen LogP contribution in [0.2, 0.25) is 0 Å². The maximum Gasteiger partial charge on any atom is 0.275 e. The van der Waals surface area contributed by atoms with Crippen LogP contribution in [0.4, 0.5) is 10.1 Å². The predicted molar refractivity (Wildman–Crippen MR) is 119 cm³/mol. The minimum atomic E-state index is -0.264. The minimum absolute atomic E-state index is 0.114. The lowest BCUT2D eigenvalue weighted by Crippen LogP contribution is -2.49. The summed E-state index contributed by atoms with van der Waals surface area (Å²) in [6.07, 6.45) is 1.96. The van der Waals surface area contributed by atoms with Gasteiger partial charge in [0, 0.05) is 64.6 Å². The Kier molecular flexibility index (Phi) is 7.39. The van der Waals surface area contributed by atoms with E-state index in [1.54, 1.807) is 17.0 Å². The number of aliphatic hydroxyl groups excluding tert-OH is 1. The molecule has 1 aromatic heterocycles. The highest BCUT2D eigenvalue weighted by atomic mass is 19.1. The molecular weight excluding hydrogens is 413 g/mol. The molecule has 2 fully saturated rings. The molecule has 3 heterocycles. The molecule has 1 aromatic carbocycles. The molecule has 0 aliphatic carbocycles. The third-order valence-electron chi connectivity index (χ3n) is 6.29. The number of piperazine rings is 2. The van der Waals surface area contributed by atoms with Crippen LogP contribution in [-0.2, 0) is 6.54 Å². The number of aromatic nitrogens is 1. The first kappa shape index (κ1) is 22.7. The number of hydrogen-bond donors (Lipinski definition) is 1. The standard InChI is InChI=1S/C23H32FN5O3/c1-2-20(30)15-26-7-9-27(10-8-26)16-22-25-21(17-32-22)23(31)29-13-11-28(12-14-29)19-5-3-18(24)4-6-19/h3-6,17,20,30H,2,7-16H2,1H3/t20-/m0/s1. The van der Waals surface area contributed by atoms with Crippen molar-refractivity contribution in [2.75, 3.05) is 63.8 Å². The zero-order valence-electron chi connectivity index (χ0n) is 18.6. The van der Waals surface area contributed by atoms with Crippen LogP contribution in [0.25, 0.3) is 0 Å². The molecule has 9 heteroatoms. The van der Waals surface area contributed by atoms with Crippen molar-refractivity contribution in [3.63, 3.8) is 0 Å². The first-order valence-corrected chi connectivity index (χ1v) is 11.4. The molecule has 0 bridgehead atoms. The number of rotatable bonds is 7. The van der Waals surface area contributed by atoms with Crippen LogP contribution < -0.4 is 4.90 Å². The van der Waals surface area contributed by atoms with Gasteiger partial charge in [0.2, 0.25) is 5.89 Å². The van der Waals surface area contributed by atoms with Crippen LogP contribution in [-0.4, -0.2) is 95.7 Å². The summed E-state index contributed by atoms with van der Waals surface area (Å²) in [5, 5.41) is 9.82. The van der Waals surface area contributed by atoms with Crippen molar-refractivity contribution in [3.8, 4) is 0 Å². The summed E-state index contributed by atoms with van der Waals surface area (Å²) in [4.78, 5) is 25.8. The van der Waals surface area contributed by atoms with Crippen molar-refractivity contribution < 1.29 is 18.7 Å². The third-order valence-corrected chi connectivity index (χ3v) is 6.29. The second-order valence-corrected chi connectivity index (χ2v) is 8.52. The predicted octanol–water partition coefficient (Wildman–Crippen LogP) is 1.66. The second-order valence-electron chi connectivity index (χ2n) is 8.52. The van der Waals surface area contributed by atoms with Crippen LogP contribution in [0, 0.1) is 5.82 Å². The highest BCUT2D eigenvalue weighted by Crippen LogP contribution is 2.18. The largest absolute Gasteiger partial charge is 0.447 e. The number of anilines is 1. The Morgan fingerprint density at radius 3 is 2.38 bits per heavy atom. The van der Waals surface area contributed by atoms with E-state index in [2.05, 4.69) is 19.7 Å². The van der Waals surface area contributed by atoms with Gasteiger partial charge in [0.15, 0.2) is 5.69 Å². The average Bonchev–Trinajstić information content (AvgIpc) is 3.29. The first-order valence-electron chi connectivity index (χ1n) is 11.4. The van der Waals surface area contributed by atoms with Gasteiger partial charge in [-0.1, -0.05) is 6.92 Å². The summed E-state index contributed by atoms with van der Waals surface area (Å²) in [5.74, 6) is 0.194. The Labute approximate surface area is 188 Å². The fourth-order valence-corrected chi connectivity index (χ4v) is 4.21. The molecule has 32 heavy (non-hydrogen) atoms. The molecule has 0 saturated carbocycles. The Bertz CT molecular complexity index is 874. The monoisotopic (exact) mass is 445 g/mol. The number of benzene rings is 1. The summed E-state index contributed by atoms with van der Waals surface area (Å²) >= 11 is 0. The Balaban J connectivity index is 1.24. The van der Waals surface area contributed by atoms with Gasteiger partial charge in [0.1, 0.15) is 12.1 Å². The van der Waals surface area contributed by atoms with Gasteiger partial charge in [-0.3, -0.25) is 14.6 Å². The quantitative estimate of drug-likeness (QED) is 0.695. The number of carbonyl (C=O) groups excluding carboxylic acids is 1. The van der Waals surface area contributed by atoms with Gasteiger partial charge in [-0.25, -0.2) is 9.37 Å². The molecule has 4 rings (SSSR count). The molecule has 0 unspecified atom stereocenters. The number of oxazole rings is 1. The molecule has 0 radical (unpaired) electrons. The van der Waals surface area contributed by atoms with E-state index in [1.807, 2.05) is 6.92 Å². The lowest BCUT2D eigenvalue weighted by Gasteiger charge is -2.35. The Morgan fingerprint density at radius 2 is 1.72 bits per heavy atom. The van der Waals surface area contributed by atoms with E-state index in [-0.39, 0.29) is 17.8 Å². The lowest BCUT2D eigenvalue weighted by atomic mass is 10.2. The van der Waals surface area contributed by atoms with E-state index < -0.39 is 0 Å². The Morgan fingerprint density at radius 1 is 1.06 bits per heavy atom. The molecule has 1 N–H and O–H groups in total. The lowest BCUT2D eigenvalue weighted by molar-refractivity contribution is 0.0658. The van der Waals surface area contributed by atoms with Gasteiger partial charge < -0.3 is 19.3 Å². The number of hydrogen-bond acceptors (Lipinski definition) is 7. The van der Waals surface area contributed by atoms with Gasteiger partial charge >= 0.3 is 0 Å². The van der Waals surface area contributed by atoms with Crippen molar-refractivity contribution in [2.45, 2.75) is 26.0 Å². The molecule has 2 aromatic rings. The van der Waals surface area contributed by atoms with Crippen molar-refractivity contribution in [1.82, 2.24) is 19.7 Å². The van der Waals surface area contributed by atoms with E-state index in [4.69, 9.17) is 4.42 Å². The van der Waals surface area contributed by atoms with E-state index in [1.165, 1.54) is 18.4 Å². The van der Waals surface area contributed by atoms with Gasteiger partial charge in [-0.15, -0.1) is 0 Å². The fraction of sp³-hybridized carbons (Fsp3) is 0.565. The summed E-state index contributed by atoms with van der Waals surface area (Å²) < 4.78 is 18.7. The summed E-state index contributed by atoms with van der Waals surface area (Å²) in [6.45, 7) is 9.43. The number of β-amino-alcohol motifs (C(OH)–C–C–N with tert-alkyl or cyclic N) is 1.